The third-order valence-corrected chi connectivity index (χ3v) is 2.39. The average molecular weight is 173 g/mol. The molecule has 0 spiro atoms. The second kappa shape index (κ2) is 3.00. The summed E-state index contributed by atoms with van der Waals surface area (Å²) in [7, 11) is 0. The monoisotopic (exact) mass is 172 g/mol. The minimum Gasteiger partial charge on any atom is -0.308 e. The molecule has 1 rings (SSSR count). The van der Waals surface area contributed by atoms with Crippen molar-refractivity contribution in [1.82, 2.24) is 4.98 Å². The fraction of sp³-hybridized carbons (Fsp3) is 0.333. The highest BCUT2D eigenvalue weighted by molar-refractivity contribution is 7.15. The molecule has 10 heavy (non-hydrogen) atoms. The molecular weight excluding hydrogens is 168 g/mol. The maximum atomic E-state index is 6.72. The molecule has 52 valence electrons. The number of rotatable bonds is 1. The van der Waals surface area contributed by atoms with Gasteiger partial charge in [0.2, 0.25) is 0 Å². The van der Waals surface area contributed by atoms with Gasteiger partial charge in [-0.1, -0.05) is 22.9 Å². The molecule has 0 aliphatic carbocycles. The van der Waals surface area contributed by atoms with Gasteiger partial charge < -0.3 is 4.85 Å². The van der Waals surface area contributed by atoms with Crippen LogP contribution in [0.4, 0.5) is 0 Å². The van der Waals surface area contributed by atoms with Crippen LogP contribution >= 0.6 is 22.9 Å². The molecule has 1 unspecified atom stereocenters. The summed E-state index contributed by atoms with van der Waals surface area (Å²) >= 11 is 6.93. The van der Waals surface area contributed by atoms with Crippen LogP contribution in [0.2, 0.25) is 4.47 Å². The van der Waals surface area contributed by atoms with Crippen LogP contribution in [0.5, 0.6) is 0 Å². The van der Waals surface area contributed by atoms with Crippen LogP contribution in [-0.2, 0) is 0 Å². The van der Waals surface area contributed by atoms with Gasteiger partial charge in [-0.05, 0) is 0 Å². The van der Waals surface area contributed by atoms with Gasteiger partial charge in [0, 0.05) is 6.92 Å². The quantitative estimate of drug-likeness (QED) is 0.596. The lowest BCUT2D eigenvalue weighted by Gasteiger charge is -1.88. The number of hydrogen-bond donors (Lipinski definition) is 0. The Morgan fingerprint density at radius 3 is 3.00 bits per heavy atom. The summed E-state index contributed by atoms with van der Waals surface area (Å²) in [5, 5.41) is 0. The Bertz CT molecular complexity index is 263. The molecule has 0 radical (unpaired) electrons. The van der Waals surface area contributed by atoms with Crippen molar-refractivity contribution in [3.8, 4) is 0 Å². The molecule has 0 N–H and O–H groups in total. The summed E-state index contributed by atoms with van der Waals surface area (Å²) in [6, 6.07) is -0.106. The highest BCUT2D eigenvalue weighted by Gasteiger charge is 2.11. The minimum absolute atomic E-state index is 0.106. The maximum absolute atomic E-state index is 6.72. The van der Waals surface area contributed by atoms with Gasteiger partial charge >= 0.3 is 0 Å². The van der Waals surface area contributed by atoms with Crippen molar-refractivity contribution < 1.29 is 0 Å². The van der Waals surface area contributed by atoms with Crippen molar-refractivity contribution in [2.75, 3.05) is 0 Å². The lowest BCUT2D eigenvalue weighted by Crippen LogP contribution is -1.78. The smallest absolute Gasteiger partial charge is 0.256 e. The number of halogens is 1. The van der Waals surface area contributed by atoms with Gasteiger partial charge in [-0.2, -0.15) is 0 Å². The van der Waals surface area contributed by atoms with Crippen molar-refractivity contribution in [3.63, 3.8) is 0 Å². The molecule has 0 aliphatic rings. The molecule has 2 nitrogen and oxygen atoms in total. The van der Waals surface area contributed by atoms with Gasteiger partial charge in [-0.25, -0.2) is 11.6 Å². The highest BCUT2D eigenvalue weighted by Crippen LogP contribution is 2.25. The Morgan fingerprint density at radius 1 is 1.90 bits per heavy atom. The van der Waals surface area contributed by atoms with Crippen LogP contribution in [0.1, 0.15) is 17.8 Å². The van der Waals surface area contributed by atoms with Crippen molar-refractivity contribution >= 4 is 22.9 Å². The van der Waals surface area contributed by atoms with Crippen molar-refractivity contribution in [2.45, 2.75) is 13.0 Å². The topological polar surface area (TPSA) is 17.2 Å². The van der Waals surface area contributed by atoms with E-state index in [1.165, 1.54) is 11.3 Å². The molecule has 1 aromatic heterocycles. The first-order chi connectivity index (χ1) is 4.74. The fourth-order valence-electron chi connectivity index (χ4n) is 0.521. The Kier molecular flexibility index (Phi) is 2.25. The van der Waals surface area contributed by atoms with E-state index in [0.29, 0.717) is 4.47 Å². The van der Waals surface area contributed by atoms with Crippen LogP contribution in [0.25, 0.3) is 4.85 Å². The second-order valence-electron chi connectivity index (χ2n) is 1.82. The van der Waals surface area contributed by atoms with Gasteiger partial charge in [0.1, 0.15) is 4.88 Å². The molecule has 4 heteroatoms. The van der Waals surface area contributed by atoms with Crippen LogP contribution in [0.15, 0.2) is 6.20 Å². The van der Waals surface area contributed by atoms with Crippen molar-refractivity contribution in [2.24, 2.45) is 0 Å². The lowest BCUT2D eigenvalue weighted by molar-refractivity contribution is 0.984. The Morgan fingerprint density at radius 2 is 2.60 bits per heavy atom. The molecule has 1 heterocycles. The Labute approximate surface area is 68.3 Å². The third kappa shape index (κ3) is 1.47. The summed E-state index contributed by atoms with van der Waals surface area (Å²) in [6.45, 7) is 8.55. The Balaban J connectivity index is 2.87. The SMILES string of the molecule is [C-]#[N+]C(C)c1cnc(Cl)s1. The van der Waals surface area contributed by atoms with E-state index in [-0.39, 0.29) is 6.04 Å². The average Bonchev–Trinajstić information content (AvgIpc) is 2.34. The normalized spacial score (nSPS) is 12.5. The first kappa shape index (κ1) is 7.52. The molecule has 0 amide bonds. The second-order valence-corrected chi connectivity index (χ2v) is 3.47. The molecule has 1 aromatic rings. The van der Waals surface area contributed by atoms with Crippen molar-refractivity contribution in [3.05, 3.63) is 27.0 Å². The third-order valence-electron chi connectivity index (χ3n) is 1.10. The largest absolute Gasteiger partial charge is 0.308 e. The zero-order chi connectivity index (χ0) is 7.56. The van der Waals surface area contributed by atoms with E-state index in [1.54, 1.807) is 6.20 Å². The number of thiazole rings is 1. The summed E-state index contributed by atoms with van der Waals surface area (Å²) in [5.41, 5.74) is 0. The van der Waals surface area contributed by atoms with Crippen LogP contribution < -0.4 is 0 Å². The molecular formula is C6H5ClN2S. The van der Waals surface area contributed by atoms with E-state index >= 15 is 0 Å². The summed E-state index contributed by atoms with van der Waals surface area (Å²) < 4.78 is 0.505. The van der Waals surface area contributed by atoms with E-state index < -0.39 is 0 Å². The zero-order valence-corrected chi connectivity index (χ0v) is 6.91. The van der Waals surface area contributed by atoms with E-state index in [9.17, 15) is 0 Å². The van der Waals surface area contributed by atoms with Crippen LogP contribution in [0.3, 0.4) is 0 Å². The highest BCUT2D eigenvalue weighted by atomic mass is 35.5. The van der Waals surface area contributed by atoms with E-state index in [1.807, 2.05) is 6.92 Å². The predicted octanol–water partition coefficient (Wildman–Crippen LogP) is 2.78. The number of aromatic nitrogens is 1. The van der Waals surface area contributed by atoms with E-state index in [2.05, 4.69) is 9.83 Å². The molecule has 0 bridgehead atoms. The summed E-state index contributed by atoms with van der Waals surface area (Å²) in [4.78, 5) is 8.09. The predicted molar refractivity (Wildman–Crippen MR) is 42.1 cm³/mol. The Hall–Kier alpha value is -0.590. The van der Waals surface area contributed by atoms with E-state index in [0.717, 1.165) is 4.88 Å². The van der Waals surface area contributed by atoms with Crippen LogP contribution in [-0.4, -0.2) is 4.98 Å². The molecule has 0 aliphatic heterocycles. The van der Waals surface area contributed by atoms with E-state index in [4.69, 9.17) is 18.2 Å². The molecule has 0 saturated heterocycles. The molecule has 1 atom stereocenters. The zero-order valence-electron chi connectivity index (χ0n) is 5.34. The van der Waals surface area contributed by atoms with Gasteiger partial charge in [-0.15, -0.1) is 0 Å². The summed E-state index contributed by atoms with van der Waals surface area (Å²) in [6.07, 6.45) is 1.65. The van der Waals surface area contributed by atoms with Crippen LogP contribution in [0, 0.1) is 6.57 Å². The first-order valence-corrected chi connectivity index (χ1v) is 3.91. The van der Waals surface area contributed by atoms with Crippen molar-refractivity contribution in [1.29, 1.82) is 0 Å². The van der Waals surface area contributed by atoms with Gasteiger partial charge in [0.05, 0.1) is 6.20 Å². The first-order valence-electron chi connectivity index (χ1n) is 2.72. The fourth-order valence-corrected chi connectivity index (χ4v) is 1.47. The number of nitrogens with zero attached hydrogens (tertiary/aromatic N) is 2. The van der Waals surface area contributed by atoms with Gasteiger partial charge in [-0.3, -0.25) is 0 Å². The molecule has 0 saturated carbocycles. The standard InChI is InChI=1S/C6H5ClN2S/c1-4(8-2)5-3-9-6(7)10-5/h3-4H,1H3. The van der Waals surface area contributed by atoms with Gasteiger partial charge in [0.15, 0.2) is 4.47 Å². The minimum atomic E-state index is -0.106. The maximum Gasteiger partial charge on any atom is 0.256 e. The lowest BCUT2D eigenvalue weighted by atomic mass is 10.3. The number of hydrogen-bond acceptors (Lipinski definition) is 2. The molecule has 0 aromatic carbocycles. The van der Waals surface area contributed by atoms with Gasteiger partial charge in [0.25, 0.3) is 6.04 Å². The summed E-state index contributed by atoms with van der Waals surface area (Å²) in [5.74, 6) is 0. The molecule has 0 fully saturated rings.